The Morgan fingerprint density at radius 1 is 0.895 bits per heavy atom. The highest BCUT2D eigenvalue weighted by Crippen LogP contribution is 2.42. The van der Waals surface area contributed by atoms with Crippen molar-refractivity contribution in [2.45, 2.75) is 19.0 Å². The minimum absolute atomic E-state index is 0.251. The predicted molar refractivity (Wildman–Crippen MR) is 55.8 cm³/mol. The van der Waals surface area contributed by atoms with Crippen molar-refractivity contribution in [3.05, 3.63) is 26.8 Å². The van der Waals surface area contributed by atoms with Crippen LogP contribution in [-0.4, -0.2) is 6.61 Å². The van der Waals surface area contributed by atoms with Gasteiger partial charge in [0.25, 0.3) is 0 Å². The van der Waals surface area contributed by atoms with Gasteiger partial charge in [-0.15, -0.1) is 0 Å². The molecule has 0 aromatic heterocycles. The van der Waals surface area contributed by atoms with Crippen molar-refractivity contribution < 1.29 is 39.9 Å². The van der Waals surface area contributed by atoms with Gasteiger partial charge < -0.3 is 4.74 Å². The van der Waals surface area contributed by atoms with Gasteiger partial charge in [0.1, 0.15) is 5.75 Å². The number of benzene rings is 1. The number of hydrogen-bond donors (Lipinski definition) is 0. The first-order valence-electron chi connectivity index (χ1n) is 4.35. The molecule has 0 spiro atoms. The Hall–Kier alpha value is -0.810. The van der Waals surface area contributed by atoms with Gasteiger partial charge in [0.15, 0.2) is 0 Å². The summed E-state index contributed by atoms with van der Waals surface area (Å²) in [4.78, 5) is 0. The molecule has 0 aliphatic heterocycles. The van der Waals surface area contributed by atoms with Gasteiger partial charge in [-0.2, -0.15) is 35.1 Å². The van der Waals surface area contributed by atoms with Crippen LogP contribution in [0.15, 0.2) is 12.1 Å². The van der Waals surface area contributed by atoms with E-state index in [2.05, 4.69) is 4.74 Å². The zero-order valence-electron chi connectivity index (χ0n) is 8.54. The minimum Gasteiger partial charge on any atom is -0.434 e. The van der Waals surface area contributed by atoms with Gasteiger partial charge in [-0.25, -0.2) is 0 Å². The third-order valence-electron chi connectivity index (χ3n) is 1.90. The van der Waals surface area contributed by atoms with Crippen LogP contribution in [0.4, 0.5) is 35.1 Å². The van der Waals surface area contributed by atoms with Crippen LogP contribution in [0, 0.1) is 3.57 Å². The third-order valence-corrected chi connectivity index (χ3v) is 2.79. The second kappa shape index (κ2) is 5.29. The van der Waals surface area contributed by atoms with Crippen molar-refractivity contribution in [2.24, 2.45) is 0 Å². The second-order valence-electron chi connectivity index (χ2n) is 3.20. The molecule has 1 rings (SSSR count). The van der Waals surface area contributed by atoms with Gasteiger partial charge in [0.2, 0.25) is 0 Å². The molecule has 0 atom stereocenters. The first-order chi connectivity index (χ1) is 8.43. The normalized spacial score (nSPS) is 12.9. The van der Waals surface area contributed by atoms with E-state index in [1.165, 1.54) is 0 Å². The van der Waals surface area contributed by atoms with Crippen molar-refractivity contribution in [2.75, 3.05) is 0 Å². The summed E-state index contributed by atoms with van der Waals surface area (Å²) in [5.41, 5.74) is -3.47. The van der Waals surface area contributed by atoms with Crippen LogP contribution in [-0.2, 0) is 12.4 Å². The van der Waals surface area contributed by atoms with Gasteiger partial charge in [0.05, 0.1) is 11.1 Å². The molecule has 0 aliphatic rings. The predicted octanol–water partition coefficient (Wildman–Crippen LogP) is 4.93. The van der Waals surface area contributed by atoms with Crippen molar-refractivity contribution in [3.63, 3.8) is 0 Å². The van der Waals surface area contributed by atoms with Crippen molar-refractivity contribution in [3.8, 4) is 5.75 Å². The number of ether oxygens (including phenoxy) is 1. The maximum absolute atomic E-state index is 12.5. The number of hydrogen-bond acceptors (Lipinski definition) is 1. The van der Waals surface area contributed by atoms with Crippen LogP contribution in [0.1, 0.15) is 11.1 Å². The van der Waals surface area contributed by atoms with Gasteiger partial charge in [-0.1, -0.05) is 0 Å². The monoisotopic (exact) mass is 406 g/mol. The van der Waals surface area contributed by atoms with Gasteiger partial charge in [-0.3, -0.25) is 0 Å². The fourth-order valence-electron chi connectivity index (χ4n) is 1.19. The molecule has 108 valence electrons. The lowest BCUT2D eigenvalue weighted by molar-refractivity contribution is -0.146. The summed E-state index contributed by atoms with van der Waals surface area (Å²) >= 11 is 1.09. The first kappa shape index (κ1) is 16.2. The molecule has 0 bridgehead atoms. The molecule has 1 aromatic carbocycles. The molecule has 0 heterocycles. The van der Waals surface area contributed by atoms with E-state index in [-0.39, 0.29) is 12.1 Å². The Labute approximate surface area is 114 Å². The maximum atomic E-state index is 12.5. The highest BCUT2D eigenvalue weighted by molar-refractivity contribution is 14.1. The van der Waals surface area contributed by atoms with E-state index in [4.69, 9.17) is 0 Å². The van der Waals surface area contributed by atoms with Crippen LogP contribution in [0.3, 0.4) is 0 Å². The molecular weight excluding hydrogens is 403 g/mol. The molecule has 0 fully saturated rings. The Morgan fingerprint density at radius 3 is 1.74 bits per heavy atom. The molecule has 0 unspecified atom stereocenters. The van der Waals surface area contributed by atoms with E-state index < -0.39 is 39.4 Å². The van der Waals surface area contributed by atoms with E-state index in [1.807, 2.05) is 0 Å². The summed E-state index contributed by atoms with van der Waals surface area (Å²) in [7, 11) is 0. The van der Waals surface area contributed by atoms with Crippen LogP contribution in [0.2, 0.25) is 0 Å². The lowest BCUT2D eigenvalue weighted by atomic mass is 10.1. The molecule has 0 aliphatic carbocycles. The van der Waals surface area contributed by atoms with E-state index in [0.29, 0.717) is 0 Å². The number of alkyl halides is 8. The quantitative estimate of drug-likeness (QED) is 0.500. The molecule has 0 amide bonds. The summed E-state index contributed by atoms with van der Waals surface area (Å²) in [6.45, 7) is -3.58. The number of halogens is 9. The fourth-order valence-corrected chi connectivity index (χ4v) is 1.93. The van der Waals surface area contributed by atoms with E-state index >= 15 is 0 Å². The van der Waals surface area contributed by atoms with Crippen molar-refractivity contribution >= 4 is 22.6 Å². The van der Waals surface area contributed by atoms with E-state index in [0.717, 1.165) is 22.6 Å². The van der Waals surface area contributed by atoms with Crippen molar-refractivity contribution in [1.29, 1.82) is 0 Å². The summed E-state index contributed by atoms with van der Waals surface area (Å²) in [6.07, 6.45) is -10.3. The molecule has 0 radical (unpaired) electrons. The molecule has 1 nitrogen and oxygen atoms in total. The molecule has 0 N–H and O–H groups in total. The average Bonchev–Trinajstić information content (AvgIpc) is 2.11. The summed E-state index contributed by atoms with van der Waals surface area (Å²) in [6, 6.07) is 0.0256. The topological polar surface area (TPSA) is 9.23 Å². The smallest absolute Gasteiger partial charge is 0.419 e. The lowest BCUT2D eigenvalue weighted by Crippen LogP contribution is -2.16. The summed E-state index contributed by atoms with van der Waals surface area (Å²) in [5.74, 6) is -1.35. The average molecular weight is 406 g/mol. The number of rotatable bonds is 2. The largest absolute Gasteiger partial charge is 0.434 e. The Bertz CT molecular complexity index is 465. The Kier molecular flexibility index (Phi) is 4.52. The highest BCUT2D eigenvalue weighted by Gasteiger charge is 2.41. The van der Waals surface area contributed by atoms with E-state index in [9.17, 15) is 35.1 Å². The molecule has 0 saturated carbocycles. The van der Waals surface area contributed by atoms with Gasteiger partial charge in [-0.05, 0) is 34.7 Å². The van der Waals surface area contributed by atoms with E-state index in [1.54, 1.807) is 0 Å². The molecule has 19 heavy (non-hydrogen) atoms. The molecule has 1 aromatic rings. The molecule has 0 saturated heterocycles. The lowest BCUT2D eigenvalue weighted by Gasteiger charge is -2.17. The third kappa shape index (κ3) is 4.08. The molecular formula is C9H3F8IO. The summed E-state index contributed by atoms with van der Waals surface area (Å²) < 4.78 is 102. The zero-order chi connectivity index (χ0) is 15.0. The van der Waals surface area contributed by atoms with Crippen LogP contribution in [0.5, 0.6) is 5.75 Å². The maximum Gasteiger partial charge on any atom is 0.419 e. The van der Waals surface area contributed by atoms with Crippen LogP contribution < -0.4 is 4.74 Å². The van der Waals surface area contributed by atoms with Crippen molar-refractivity contribution in [1.82, 2.24) is 0 Å². The standard InChI is InChI=1S/C9H3F8IO/c10-7(11)19-6-2-5(18)3(8(12,13)14)1-4(6)9(15,16)17/h1-2,7H. The first-order valence-corrected chi connectivity index (χ1v) is 5.43. The zero-order valence-corrected chi connectivity index (χ0v) is 10.7. The summed E-state index contributed by atoms with van der Waals surface area (Å²) in [5, 5.41) is 0. The SMILES string of the molecule is FC(F)Oc1cc(I)c(C(F)(F)F)cc1C(F)(F)F. The van der Waals surface area contributed by atoms with Gasteiger partial charge >= 0.3 is 19.0 Å². The Morgan fingerprint density at radius 2 is 1.37 bits per heavy atom. The van der Waals surface area contributed by atoms with Gasteiger partial charge in [0, 0.05) is 3.57 Å². The van der Waals surface area contributed by atoms with Crippen LogP contribution in [0.25, 0.3) is 0 Å². The Balaban J connectivity index is 3.46. The highest BCUT2D eigenvalue weighted by atomic mass is 127. The van der Waals surface area contributed by atoms with Crippen LogP contribution >= 0.6 is 22.6 Å². The molecule has 10 heteroatoms. The minimum atomic E-state index is -5.24. The fraction of sp³-hybridized carbons (Fsp3) is 0.333. The second-order valence-corrected chi connectivity index (χ2v) is 4.36.